The summed E-state index contributed by atoms with van der Waals surface area (Å²) in [4.78, 5) is 38.0. The molecule has 3 amide bonds. The van der Waals surface area contributed by atoms with E-state index in [1.165, 1.54) is 0 Å². The smallest absolute Gasteiger partial charge is 0.325 e. The second-order valence-electron chi connectivity index (χ2n) is 11.5. The predicted molar refractivity (Wildman–Crippen MR) is 177 cm³/mol. The fourth-order valence-electron chi connectivity index (χ4n) is 6.05. The van der Waals surface area contributed by atoms with Gasteiger partial charge < -0.3 is 25.8 Å². The Morgan fingerprint density at radius 3 is 2.09 bits per heavy atom. The average molecular weight is 617 g/mol. The van der Waals surface area contributed by atoms with E-state index in [0.717, 1.165) is 11.1 Å². The molecule has 0 spiro atoms. The van der Waals surface area contributed by atoms with Crippen LogP contribution >= 0.6 is 0 Å². The molecule has 6 rings (SSSR count). The van der Waals surface area contributed by atoms with E-state index in [9.17, 15) is 19.8 Å². The van der Waals surface area contributed by atoms with E-state index in [-0.39, 0.29) is 12.5 Å². The molecule has 4 aromatic carbocycles. The SMILES string of the molecule is Nc1cccc(N2C(=O)N(Cc3cccc(C(=O)Nc4ncc[nH]4)c3)[C@H](Cc3ccccc3)[C@H](O)[C@@H](O)[C@H]2Cc2ccccc2)c1. The third kappa shape index (κ3) is 6.78. The zero-order valence-electron chi connectivity index (χ0n) is 25.1. The Balaban J connectivity index is 1.41. The molecule has 0 aliphatic carbocycles. The molecule has 1 aliphatic rings. The average Bonchev–Trinajstić information content (AvgIpc) is 3.57. The van der Waals surface area contributed by atoms with Crippen LogP contribution in [0.3, 0.4) is 0 Å². The summed E-state index contributed by atoms with van der Waals surface area (Å²) in [6, 6.07) is 31.1. The maximum atomic E-state index is 14.9. The van der Waals surface area contributed by atoms with Crippen LogP contribution in [-0.4, -0.2) is 61.3 Å². The third-order valence-corrected chi connectivity index (χ3v) is 8.32. The molecule has 10 nitrogen and oxygen atoms in total. The molecule has 1 aromatic heterocycles. The van der Waals surface area contributed by atoms with Gasteiger partial charge in [-0.3, -0.25) is 15.0 Å². The van der Waals surface area contributed by atoms with Gasteiger partial charge in [-0.25, -0.2) is 9.78 Å². The van der Waals surface area contributed by atoms with Gasteiger partial charge in [-0.15, -0.1) is 0 Å². The number of rotatable bonds is 9. The number of amides is 3. The van der Waals surface area contributed by atoms with Crippen molar-refractivity contribution in [2.75, 3.05) is 16.0 Å². The quantitative estimate of drug-likeness (QED) is 0.153. The third-order valence-electron chi connectivity index (χ3n) is 8.32. The van der Waals surface area contributed by atoms with E-state index in [2.05, 4.69) is 15.3 Å². The predicted octanol–water partition coefficient (Wildman–Crippen LogP) is 4.63. The number of aliphatic hydroxyl groups is 2. The van der Waals surface area contributed by atoms with Crippen molar-refractivity contribution >= 4 is 29.3 Å². The maximum absolute atomic E-state index is 14.9. The van der Waals surface area contributed by atoms with Crippen LogP contribution in [-0.2, 0) is 19.4 Å². The molecule has 10 heteroatoms. The molecule has 234 valence electrons. The van der Waals surface area contributed by atoms with Crippen molar-refractivity contribution in [2.24, 2.45) is 0 Å². The Morgan fingerprint density at radius 1 is 0.804 bits per heavy atom. The fraction of sp³-hybridized carbons (Fsp3) is 0.194. The molecule has 5 aromatic rings. The number of nitrogens with one attached hydrogen (secondary N) is 2. The van der Waals surface area contributed by atoms with E-state index in [1.807, 2.05) is 66.7 Å². The van der Waals surface area contributed by atoms with Crippen molar-refractivity contribution in [1.82, 2.24) is 14.9 Å². The van der Waals surface area contributed by atoms with Crippen LogP contribution in [0.5, 0.6) is 0 Å². The molecular formula is C36H36N6O4. The minimum absolute atomic E-state index is 0.0683. The van der Waals surface area contributed by atoms with Crippen LogP contribution in [0.25, 0.3) is 0 Å². The Kier molecular flexibility index (Phi) is 9.09. The van der Waals surface area contributed by atoms with Crippen LogP contribution in [0.15, 0.2) is 122 Å². The van der Waals surface area contributed by atoms with Gasteiger partial charge in [0, 0.05) is 35.9 Å². The molecule has 1 aliphatic heterocycles. The molecule has 0 unspecified atom stereocenters. The lowest BCUT2D eigenvalue weighted by atomic mass is 9.90. The number of aromatic amines is 1. The highest BCUT2D eigenvalue weighted by atomic mass is 16.3. The van der Waals surface area contributed by atoms with Gasteiger partial charge in [0.1, 0.15) is 12.2 Å². The minimum Gasteiger partial charge on any atom is -0.399 e. The van der Waals surface area contributed by atoms with Gasteiger partial charge in [0.15, 0.2) is 0 Å². The maximum Gasteiger partial charge on any atom is 0.325 e. The number of carbonyl (C=O) groups is 2. The van der Waals surface area contributed by atoms with E-state index in [1.54, 1.807) is 64.7 Å². The fourth-order valence-corrected chi connectivity index (χ4v) is 6.05. The summed E-state index contributed by atoms with van der Waals surface area (Å²) in [5.41, 5.74) is 10.0. The highest BCUT2D eigenvalue weighted by Crippen LogP contribution is 2.33. The number of hydrogen-bond acceptors (Lipinski definition) is 6. The Morgan fingerprint density at radius 2 is 1.43 bits per heavy atom. The van der Waals surface area contributed by atoms with Crippen molar-refractivity contribution in [3.05, 3.63) is 144 Å². The van der Waals surface area contributed by atoms with Crippen molar-refractivity contribution in [2.45, 2.75) is 43.7 Å². The largest absolute Gasteiger partial charge is 0.399 e. The first kappa shape index (κ1) is 30.6. The van der Waals surface area contributed by atoms with Gasteiger partial charge in [0.2, 0.25) is 5.95 Å². The molecular weight excluding hydrogens is 580 g/mol. The minimum atomic E-state index is -1.30. The van der Waals surface area contributed by atoms with Crippen LogP contribution in [0, 0.1) is 0 Å². The monoisotopic (exact) mass is 616 g/mol. The summed E-state index contributed by atoms with van der Waals surface area (Å²) in [6.45, 7) is 0.0683. The number of carbonyl (C=O) groups excluding carboxylic acids is 2. The summed E-state index contributed by atoms with van der Waals surface area (Å²) < 4.78 is 0. The summed E-state index contributed by atoms with van der Waals surface area (Å²) in [7, 11) is 0. The number of hydrogen-bond donors (Lipinski definition) is 5. The standard InChI is InChI=1S/C36H36N6O4/c37-28-15-8-16-29(22-28)42-31(21-25-11-5-2-6-12-25)33(44)32(43)30(20-24-9-3-1-4-10-24)41(36(42)46)23-26-13-7-14-27(19-26)34(45)40-35-38-17-18-39-35/h1-19,22,30-33,43-44H,20-21,23,37H2,(H2,38,39,40,45)/t30-,31-,32+,33+/m1/s1. The molecule has 6 N–H and O–H groups in total. The first-order chi connectivity index (χ1) is 22.4. The number of anilines is 3. The first-order valence-electron chi connectivity index (χ1n) is 15.2. The lowest BCUT2D eigenvalue weighted by Gasteiger charge is -2.36. The topological polar surface area (TPSA) is 148 Å². The molecule has 0 radical (unpaired) electrons. The van der Waals surface area contributed by atoms with E-state index in [0.29, 0.717) is 41.3 Å². The van der Waals surface area contributed by atoms with Crippen LogP contribution in [0.4, 0.5) is 22.1 Å². The number of aliphatic hydroxyl groups excluding tert-OH is 2. The second-order valence-corrected chi connectivity index (χ2v) is 11.5. The van der Waals surface area contributed by atoms with Gasteiger partial charge in [0.25, 0.3) is 5.91 Å². The van der Waals surface area contributed by atoms with E-state index >= 15 is 0 Å². The van der Waals surface area contributed by atoms with E-state index in [4.69, 9.17) is 5.73 Å². The molecule has 0 bridgehead atoms. The van der Waals surface area contributed by atoms with Crippen LogP contribution in [0.2, 0.25) is 0 Å². The number of nitrogen functional groups attached to an aromatic ring is 1. The molecule has 1 fully saturated rings. The molecule has 4 atom stereocenters. The van der Waals surface area contributed by atoms with Crippen LogP contribution in [0.1, 0.15) is 27.0 Å². The number of nitrogens with zero attached hydrogens (tertiary/aromatic N) is 3. The summed E-state index contributed by atoms with van der Waals surface area (Å²) >= 11 is 0. The Labute approximate surface area is 267 Å². The first-order valence-corrected chi connectivity index (χ1v) is 15.2. The molecule has 2 heterocycles. The van der Waals surface area contributed by atoms with Gasteiger partial charge >= 0.3 is 6.03 Å². The van der Waals surface area contributed by atoms with Gasteiger partial charge in [-0.2, -0.15) is 0 Å². The zero-order valence-corrected chi connectivity index (χ0v) is 25.1. The number of imidazole rings is 1. The molecule has 46 heavy (non-hydrogen) atoms. The van der Waals surface area contributed by atoms with Crippen molar-refractivity contribution in [3.8, 4) is 0 Å². The molecule has 0 saturated carbocycles. The van der Waals surface area contributed by atoms with Gasteiger partial charge in [-0.1, -0.05) is 78.9 Å². The highest BCUT2D eigenvalue weighted by Gasteiger charge is 2.47. The number of H-pyrrole nitrogens is 1. The molecule has 1 saturated heterocycles. The summed E-state index contributed by atoms with van der Waals surface area (Å²) in [6.07, 6.45) is 1.16. The Bertz CT molecular complexity index is 1770. The number of aromatic nitrogens is 2. The van der Waals surface area contributed by atoms with Crippen LogP contribution < -0.4 is 16.0 Å². The summed E-state index contributed by atoms with van der Waals surface area (Å²) in [5, 5.41) is 26.6. The summed E-state index contributed by atoms with van der Waals surface area (Å²) in [5.74, 6) is -0.0417. The van der Waals surface area contributed by atoms with Gasteiger partial charge in [-0.05, 0) is 59.9 Å². The van der Waals surface area contributed by atoms with Crippen molar-refractivity contribution in [3.63, 3.8) is 0 Å². The van der Waals surface area contributed by atoms with Gasteiger partial charge in [0.05, 0.1) is 12.1 Å². The highest BCUT2D eigenvalue weighted by molar-refractivity contribution is 6.03. The lowest BCUT2D eigenvalue weighted by molar-refractivity contribution is -0.0291. The Hall–Kier alpha value is -5.45. The second kappa shape index (κ2) is 13.7. The zero-order chi connectivity index (χ0) is 32.0. The van der Waals surface area contributed by atoms with E-state index < -0.39 is 30.3 Å². The number of benzene rings is 4. The number of urea groups is 1. The lowest BCUT2D eigenvalue weighted by Crippen LogP contribution is -2.51. The van der Waals surface area contributed by atoms with Crippen molar-refractivity contribution < 1.29 is 19.8 Å². The normalized spacial score (nSPS) is 19.9. The van der Waals surface area contributed by atoms with Crippen molar-refractivity contribution in [1.29, 1.82) is 0 Å². The number of nitrogens with two attached hydrogens (primary N) is 1.